The van der Waals surface area contributed by atoms with Crippen molar-refractivity contribution in [2.75, 3.05) is 26.4 Å². The minimum atomic E-state index is -1.98. The lowest BCUT2D eigenvalue weighted by Crippen LogP contribution is -2.66. The van der Waals surface area contributed by atoms with Crippen LogP contribution in [0.2, 0.25) is 0 Å². The molecule has 3 saturated heterocycles. The number of hydrogen-bond donors (Lipinski definition) is 12. The van der Waals surface area contributed by atoms with Gasteiger partial charge in [-0.15, -0.1) is 0 Å². The first-order valence-electron chi connectivity index (χ1n) is 29.2. The Hall–Kier alpha value is -2.77. The highest BCUT2D eigenvalue weighted by atomic mass is 16.8. The van der Waals surface area contributed by atoms with Crippen molar-refractivity contribution in [3.63, 3.8) is 0 Å². The molecule has 0 saturated carbocycles. The second-order valence-electron chi connectivity index (χ2n) is 20.7. The molecule has 450 valence electrons. The van der Waals surface area contributed by atoms with Gasteiger partial charge in [-0.2, -0.15) is 0 Å². The van der Waals surface area contributed by atoms with Crippen LogP contribution in [0.1, 0.15) is 162 Å². The zero-order valence-corrected chi connectivity index (χ0v) is 46.6. The largest absolute Gasteiger partial charge is 0.394 e. The molecule has 17 unspecified atom stereocenters. The lowest BCUT2D eigenvalue weighted by molar-refractivity contribution is -0.379. The van der Waals surface area contributed by atoms with Gasteiger partial charge in [-0.05, 0) is 64.2 Å². The molecular formula is C59H101NO18. The molecule has 3 rings (SSSR count). The Morgan fingerprint density at radius 2 is 0.885 bits per heavy atom. The molecule has 3 aliphatic heterocycles. The van der Waals surface area contributed by atoms with Gasteiger partial charge in [0.25, 0.3) is 0 Å². The summed E-state index contributed by atoms with van der Waals surface area (Å²) in [4.78, 5) is 13.3. The molecule has 19 heteroatoms. The summed E-state index contributed by atoms with van der Waals surface area (Å²) in [7, 11) is 0. The smallest absolute Gasteiger partial charge is 0.220 e. The van der Waals surface area contributed by atoms with Crippen LogP contribution in [0.3, 0.4) is 0 Å². The van der Waals surface area contributed by atoms with Gasteiger partial charge in [0, 0.05) is 6.42 Å². The van der Waals surface area contributed by atoms with Gasteiger partial charge < -0.3 is 89.9 Å². The standard InChI is InChI=1S/C59H101NO18/c1-3-5-7-9-11-13-15-16-17-18-19-20-21-22-23-24-25-26-27-29-31-33-35-37-47(65)60-42(43(64)36-34-32-30-28-14-12-10-8-6-4-2)41-73-57-53(71)50(68)55(45(39-62)75-57)78-59-54(72)51(69)56(46(40-63)76-59)77-58-52(70)49(67)48(66)44(38-61)74-58/h5,7,11,13,16-17,19-20,22-23,25-26,42-46,48-59,61-64,66-72H,3-4,6,8-10,12,14-15,18,21,24,27-41H2,1-2H3,(H,60,65)/b7-5-,13-11-,17-16-,20-19-,23-22-,26-25-. The van der Waals surface area contributed by atoms with Crippen molar-refractivity contribution in [2.45, 2.75) is 266 Å². The number of aliphatic hydroxyl groups is 11. The summed E-state index contributed by atoms with van der Waals surface area (Å²) in [5, 5.41) is 120. The second kappa shape index (κ2) is 42.1. The van der Waals surface area contributed by atoms with Gasteiger partial charge in [0.05, 0.1) is 38.6 Å². The fourth-order valence-corrected chi connectivity index (χ4v) is 9.49. The highest BCUT2D eigenvalue weighted by Crippen LogP contribution is 2.33. The lowest BCUT2D eigenvalue weighted by Gasteiger charge is -2.48. The summed E-state index contributed by atoms with van der Waals surface area (Å²) in [6, 6.07) is -0.903. The fourth-order valence-electron chi connectivity index (χ4n) is 9.49. The van der Waals surface area contributed by atoms with Gasteiger partial charge >= 0.3 is 0 Å². The van der Waals surface area contributed by atoms with Crippen molar-refractivity contribution in [3.8, 4) is 0 Å². The van der Waals surface area contributed by atoms with Gasteiger partial charge in [0.2, 0.25) is 5.91 Å². The van der Waals surface area contributed by atoms with E-state index in [0.717, 1.165) is 83.5 Å². The van der Waals surface area contributed by atoms with Crippen LogP contribution in [0.25, 0.3) is 0 Å². The number of allylic oxidation sites excluding steroid dienone is 12. The van der Waals surface area contributed by atoms with Gasteiger partial charge in [-0.25, -0.2) is 0 Å². The summed E-state index contributed by atoms with van der Waals surface area (Å²) in [6.45, 7) is 1.60. The van der Waals surface area contributed by atoms with Gasteiger partial charge in [0.15, 0.2) is 18.9 Å². The summed E-state index contributed by atoms with van der Waals surface area (Å²) < 4.78 is 34.2. The van der Waals surface area contributed by atoms with Crippen molar-refractivity contribution >= 4 is 5.91 Å². The second-order valence-corrected chi connectivity index (χ2v) is 20.7. The SMILES string of the molecule is CC/C=C\C/C=C\C/C=C\C/C=C\C/C=C\C/C=C\CCCCCCC(=O)NC(COC1OC(CO)C(OC2OC(CO)C(OC3OC(CO)C(O)C(O)C3O)C(O)C2O)C(O)C1O)C(O)CCCCCCCCCCCC. The van der Waals surface area contributed by atoms with Crippen LogP contribution in [-0.4, -0.2) is 193 Å². The normalized spacial score (nSPS) is 31.0. The number of ether oxygens (including phenoxy) is 6. The van der Waals surface area contributed by atoms with Crippen molar-refractivity contribution in [1.29, 1.82) is 0 Å². The first-order chi connectivity index (χ1) is 37.8. The topological polar surface area (TPSA) is 307 Å². The monoisotopic (exact) mass is 1110 g/mol. The highest BCUT2D eigenvalue weighted by Gasteiger charge is 2.53. The van der Waals surface area contributed by atoms with Crippen molar-refractivity contribution in [2.24, 2.45) is 0 Å². The molecule has 78 heavy (non-hydrogen) atoms. The van der Waals surface area contributed by atoms with E-state index >= 15 is 0 Å². The molecule has 0 bridgehead atoms. The lowest BCUT2D eigenvalue weighted by atomic mass is 9.96. The molecule has 3 fully saturated rings. The molecule has 0 aromatic heterocycles. The number of aliphatic hydroxyl groups excluding tert-OH is 11. The minimum absolute atomic E-state index is 0.232. The Kier molecular flexibility index (Phi) is 37.5. The number of nitrogens with one attached hydrogen (secondary N) is 1. The third-order valence-electron chi connectivity index (χ3n) is 14.3. The van der Waals surface area contributed by atoms with E-state index in [-0.39, 0.29) is 18.9 Å². The van der Waals surface area contributed by atoms with E-state index in [1.165, 1.54) is 38.5 Å². The van der Waals surface area contributed by atoms with E-state index in [1.54, 1.807) is 0 Å². The van der Waals surface area contributed by atoms with E-state index in [2.05, 4.69) is 92.1 Å². The zero-order chi connectivity index (χ0) is 56.9. The van der Waals surface area contributed by atoms with Crippen LogP contribution in [0.4, 0.5) is 0 Å². The Balaban J connectivity index is 1.48. The molecule has 0 spiro atoms. The molecular weight excluding hydrogens is 1010 g/mol. The number of rotatable bonds is 41. The van der Waals surface area contributed by atoms with E-state index < -0.39 is 124 Å². The first kappa shape index (κ1) is 69.5. The van der Waals surface area contributed by atoms with Gasteiger partial charge in [-0.1, -0.05) is 164 Å². The van der Waals surface area contributed by atoms with Crippen LogP contribution in [-0.2, 0) is 33.2 Å². The Bertz CT molecular complexity index is 1710. The maximum Gasteiger partial charge on any atom is 0.220 e. The van der Waals surface area contributed by atoms with Crippen LogP contribution in [0.5, 0.6) is 0 Å². The predicted octanol–water partition coefficient (Wildman–Crippen LogP) is 4.65. The first-order valence-corrected chi connectivity index (χ1v) is 29.2. The number of hydrogen-bond acceptors (Lipinski definition) is 18. The highest BCUT2D eigenvalue weighted by molar-refractivity contribution is 5.76. The molecule has 0 aliphatic carbocycles. The Labute approximate surface area is 464 Å². The van der Waals surface area contributed by atoms with Crippen molar-refractivity contribution in [3.05, 3.63) is 72.9 Å². The van der Waals surface area contributed by atoms with Gasteiger partial charge in [0.1, 0.15) is 73.2 Å². The molecule has 0 aromatic rings. The third-order valence-corrected chi connectivity index (χ3v) is 14.3. The predicted molar refractivity (Wildman–Crippen MR) is 295 cm³/mol. The van der Waals surface area contributed by atoms with Crippen molar-refractivity contribution < 1.29 is 89.4 Å². The molecule has 17 atom stereocenters. The molecule has 3 aliphatic rings. The van der Waals surface area contributed by atoms with E-state index in [1.807, 2.05) is 0 Å². The maximum atomic E-state index is 13.3. The molecule has 0 radical (unpaired) electrons. The summed E-state index contributed by atoms with van der Waals surface area (Å²) in [6.07, 6.45) is 21.4. The Morgan fingerprint density at radius 1 is 0.474 bits per heavy atom. The number of carbonyl (C=O) groups is 1. The Morgan fingerprint density at radius 3 is 1.38 bits per heavy atom. The van der Waals surface area contributed by atoms with Crippen LogP contribution in [0, 0.1) is 0 Å². The van der Waals surface area contributed by atoms with Crippen molar-refractivity contribution in [1.82, 2.24) is 5.32 Å². The molecule has 12 N–H and O–H groups in total. The fraction of sp³-hybridized carbons (Fsp3) is 0.780. The molecule has 19 nitrogen and oxygen atoms in total. The summed E-state index contributed by atoms with van der Waals surface area (Å²) in [5.74, 6) is -0.273. The van der Waals surface area contributed by atoms with Crippen LogP contribution in [0.15, 0.2) is 72.9 Å². The number of unbranched alkanes of at least 4 members (excludes halogenated alkanes) is 13. The zero-order valence-electron chi connectivity index (χ0n) is 46.6. The number of amides is 1. The molecule has 1 amide bonds. The summed E-state index contributed by atoms with van der Waals surface area (Å²) in [5.41, 5.74) is 0. The maximum absolute atomic E-state index is 13.3. The average Bonchev–Trinajstić information content (AvgIpc) is 3.49. The van der Waals surface area contributed by atoms with E-state index in [9.17, 15) is 61.0 Å². The average molecular weight is 1110 g/mol. The minimum Gasteiger partial charge on any atom is -0.394 e. The molecule has 0 aromatic carbocycles. The quantitative estimate of drug-likeness (QED) is 0.0293. The van der Waals surface area contributed by atoms with E-state index in [0.29, 0.717) is 19.3 Å². The van der Waals surface area contributed by atoms with Gasteiger partial charge in [-0.3, -0.25) is 4.79 Å². The third kappa shape index (κ3) is 26.0. The van der Waals surface area contributed by atoms with Crippen LogP contribution < -0.4 is 5.32 Å². The van der Waals surface area contributed by atoms with Crippen LogP contribution >= 0.6 is 0 Å². The molecule has 3 heterocycles. The summed E-state index contributed by atoms with van der Waals surface area (Å²) >= 11 is 0. The number of carbonyl (C=O) groups excluding carboxylic acids is 1. The van der Waals surface area contributed by atoms with E-state index in [4.69, 9.17) is 28.4 Å².